The number of halogens is 1. The van der Waals surface area contributed by atoms with E-state index in [0.29, 0.717) is 5.92 Å². The number of imidazole rings is 1. The largest absolute Gasteiger partial charge is 0.333 e. The molecule has 0 saturated carbocycles. The molecule has 1 aromatic carbocycles. The van der Waals surface area contributed by atoms with Crippen LogP contribution in [-0.4, -0.2) is 27.5 Å². The summed E-state index contributed by atoms with van der Waals surface area (Å²) >= 11 is 0. The van der Waals surface area contributed by atoms with Gasteiger partial charge < -0.3 is 4.57 Å². The monoisotopic (exact) mass is 343 g/mol. The molecule has 2 heterocycles. The van der Waals surface area contributed by atoms with Gasteiger partial charge >= 0.3 is 0 Å². The van der Waals surface area contributed by atoms with Gasteiger partial charge in [0.25, 0.3) is 0 Å². The number of hydrogen-bond acceptors (Lipinski definition) is 2. The number of hydrogen-bond donors (Lipinski definition) is 0. The molecule has 4 heteroatoms. The van der Waals surface area contributed by atoms with E-state index >= 15 is 0 Å². The molecule has 0 spiro atoms. The van der Waals surface area contributed by atoms with Crippen LogP contribution in [0.15, 0.2) is 36.8 Å². The summed E-state index contributed by atoms with van der Waals surface area (Å²) in [4.78, 5) is 6.92. The van der Waals surface area contributed by atoms with Gasteiger partial charge in [-0.2, -0.15) is 0 Å². The predicted octanol–water partition coefficient (Wildman–Crippen LogP) is 4.52. The first-order valence-electron chi connectivity index (χ1n) is 9.56. The molecule has 0 aliphatic carbocycles. The van der Waals surface area contributed by atoms with Crippen molar-refractivity contribution < 1.29 is 4.39 Å². The maximum absolute atomic E-state index is 13.0. The molecule has 0 radical (unpaired) electrons. The number of benzene rings is 1. The molecule has 0 bridgehead atoms. The first-order valence-corrected chi connectivity index (χ1v) is 9.56. The zero-order valence-electron chi connectivity index (χ0n) is 15.5. The van der Waals surface area contributed by atoms with Crippen LogP contribution in [0.5, 0.6) is 0 Å². The van der Waals surface area contributed by atoms with Crippen molar-refractivity contribution in [2.24, 2.45) is 11.8 Å². The van der Waals surface area contributed by atoms with E-state index in [4.69, 9.17) is 0 Å². The topological polar surface area (TPSA) is 21.1 Å². The Hall–Kier alpha value is -1.68. The zero-order valence-corrected chi connectivity index (χ0v) is 15.5. The van der Waals surface area contributed by atoms with Gasteiger partial charge in [0.05, 0.1) is 12.0 Å². The number of aryl methyl sites for hydroxylation is 1. The number of likely N-dealkylation sites (tertiary alicyclic amines) is 1. The summed E-state index contributed by atoms with van der Waals surface area (Å²) in [5.41, 5.74) is 2.57. The molecular formula is C21H30FN3. The third-order valence-corrected chi connectivity index (χ3v) is 5.10. The van der Waals surface area contributed by atoms with E-state index < -0.39 is 0 Å². The van der Waals surface area contributed by atoms with E-state index in [1.165, 1.54) is 37.1 Å². The van der Waals surface area contributed by atoms with Crippen molar-refractivity contribution in [2.75, 3.05) is 13.1 Å². The third kappa shape index (κ3) is 5.40. The Morgan fingerprint density at radius 1 is 1.24 bits per heavy atom. The van der Waals surface area contributed by atoms with Crippen LogP contribution < -0.4 is 0 Å². The summed E-state index contributed by atoms with van der Waals surface area (Å²) < 4.78 is 15.3. The molecule has 1 aliphatic rings. The Balaban J connectivity index is 1.51. The highest BCUT2D eigenvalue weighted by molar-refractivity contribution is 5.16. The highest BCUT2D eigenvalue weighted by Crippen LogP contribution is 2.23. The molecule has 25 heavy (non-hydrogen) atoms. The summed E-state index contributed by atoms with van der Waals surface area (Å²) in [5, 5.41) is 0. The van der Waals surface area contributed by atoms with Crippen molar-refractivity contribution in [3.05, 3.63) is 53.9 Å². The molecule has 136 valence electrons. The van der Waals surface area contributed by atoms with Gasteiger partial charge in [0.15, 0.2) is 0 Å². The van der Waals surface area contributed by atoms with Crippen molar-refractivity contribution in [1.82, 2.24) is 14.5 Å². The molecule has 0 unspecified atom stereocenters. The number of piperidine rings is 1. The van der Waals surface area contributed by atoms with Gasteiger partial charge in [-0.3, -0.25) is 4.90 Å². The van der Waals surface area contributed by atoms with Crippen molar-refractivity contribution in [3.8, 4) is 0 Å². The van der Waals surface area contributed by atoms with Crippen LogP contribution in [0, 0.1) is 17.7 Å². The molecule has 3 nitrogen and oxygen atoms in total. The molecule has 2 aromatic rings. The van der Waals surface area contributed by atoms with Crippen molar-refractivity contribution in [1.29, 1.82) is 0 Å². The van der Waals surface area contributed by atoms with E-state index in [1.807, 2.05) is 24.7 Å². The smallest absolute Gasteiger partial charge is 0.123 e. The lowest BCUT2D eigenvalue weighted by Gasteiger charge is -2.33. The van der Waals surface area contributed by atoms with E-state index in [0.717, 1.165) is 32.0 Å². The van der Waals surface area contributed by atoms with Crippen molar-refractivity contribution in [3.63, 3.8) is 0 Å². The van der Waals surface area contributed by atoms with Crippen LogP contribution in [-0.2, 0) is 19.5 Å². The summed E-state index contributed by atoms with van der Waals surface area (Å²) in [7, 11) is 0. The summed E-state index contributed by atoms with van der Waals surface area (Å²) in [5.74, 6) is 1.23. The van der Waals surface area contributed by atoms with E-state index in [1.54, 1.807) is 12.1 Å². The highest BCUT2D eigenvalue weighted by Gasteiger charge is 2.21. The maximum atomic E-state index is 13.0. The Bertz CT molecular complexity index is 647. The van der Waals surface area contributed by atoms with Crippen LogP contribution in [0.2, 0.25) is 0 Å². The molecule has 1 saturated heterocycles. The minimum Gasteiger partial charge on any atom is -0.333 e. The molecule has 1 aromatic heterocycles. The molecule has 1 aliphatic heterocycles. The average molecular weight is 343 g/mol. The van der Waals surface area contributed by atoms with Gasteiger partial charge in [0, 0.05) is 25.8 Å². The number of aromatic nitrogens is 2. The second-order valence-electron chi connectivity index (χ2n) is 7.84. The third-order valence-electron chi connectivity index (χ3n) is 5.10. The van der Waals surface area contributed by atoms with Gasteiger partial charge in [0.1, 0.15) is 5.82 Å². The molecular weight excluding hydrogens is 313 g/mol. The average Bonchev–Trinajstić information content (AvgIpc) is 3.01. The number of nitrogens with zero attached hydrogens (tertiary/aromatic N) is 3. The first kappa shape index (κ1) is 18.1. The van der Waals surface area contributed by atoms with E-state index in [9.17, 15) is 4.39 Å². The fraction of sp³-hybridized carbons (Fsp3) is 0.571. The summed E-state index contributed by atoms with van der Waals surface area (Å²) in [6.07, 6.45) is 8.79. The van der Waals surface area contributed by atoms with Gasteiger partial charge in [0.2, 0.25) is 0 Å². The molecule has 0 amide bonds. The summed E-state index contributed by atoms with van der Waals surface area (Å²) in [6, 6.07) is 6.97. The Morgan fingerprint density at radius 2 is 2.04 bits per heavy atom. The summed E-state index contributed by atoms with van der Waals surface area (Å²) in [6.45, 7) is 8.87. The van der Waals surface area contributed by atoms with Crippen LogP contribution in [0.25, 0.3) is 0 Å². The number of rotatable bonds is 7. The van der Waals surface area contributed by atoms with Crippen molar-refractivity contribution >= 4 is 0 Å². The highest BCUT2D eigenvalue weighted by atomic mass is 19.1. The second-order valence-corrected chi connectivity index (χ2v) is 7.84. The normalized spacial score (nSPS) is 18.8. The van der Waals surface area contributed by atoms with Gasteiger partial charge in [-0.15, -0.1) is 0 Å². The molecule has 0 N–H and O–H groups in total. The predicted molar refractivity (Wildman–Crippen MR) is 99.8 cm³/mol. The van der Waals surface area contributed by atoms with E-state index in [2.05, 4.69) is 28.3 Å². The molecule has 1 atom stereocenters. The van der Waals surface area contributed by atoms with Crippen LogP contribution in [0.4, 0.5) is 4.39 Å². The zero-order chi connectivity index (χ0) is 17.6. The lowest BCUT2D eigenvalue weighted by atomic mass is 9.91. The van der Waals surface area contributed by atoms with Gasteiger partial charge in [-0.05, 0) is 61.8 Å². The SMILES string of the molecule is CC(C)Cn1cncc1CN1CCC[C@H](CCc2ccc(F)cc2)C1. The maximum Gasteiger partial charge on any atom is 0.123 e. The second kappa shape index (κ2) is 8.61. The van der Waals surface area contributed by atoms with Crippen LogP contribution in [0.1, 0.15) is 44.4 Å². The Labute approximate surface area is 150 Å². The Kier molecular flexibility index (Phi) is 6.24. The van der Waals surface area contributed by atoms with Gasteiger partial charge in [-0.1, -0.05) is 26.0 Å². The van der Waals surface area contributed by atoms with Crippen LogP contribution >= 0.6 is 0 Å². The van der Waals surface area contributed by atoms with E-state index in [-0.39, 0.29) is 5.82 Å². The van der Waals surface area contributed by atoms with Crippen molar-refractivity contribution in [2.45, 2.75) is 52.6 Å². The van der Waals surface area contributed by atoms with Crippen LogP contribution in [0.3, 0.4) is 0 Å². The standard InChI is InChI=1S/C21H30FN3/c1-17(2)13-25-16-23-12-21(25)15-24-11-3-4-19(14-24)6-5-18-7-9-20(22)10-8-18/h7-10,12,16-17,19H,3-6,11,13-15H2,1-2H3/t19-/m1/s1. The lowest BCUT2D eigenvalue weighted by Crippen LogP contribution is -2.35. The Morgan fingerprint density at radius 3 is 2.80 bits per heavy atom. The fourth-order valence-corrected chi connectivity index (χ4v) is 3.82. The van der Waals surface area contributed by atoms with Gasteiger partial charge in [-0.25, -0.2) is 9.37 Å². The minimum absolute atomic E-state index is 0.148. The lowest BCUT2D eigenvalue weighted by molar-refractivity contribution is 0.158. The minimum atomic E-state index is -0.148. The quantitative estimate of drug-likeness (QED) is 0.737. The molecule has 1 fully saturated rings. The first-order chi connectivity index (χ1) is 12.1. The molecule has 3 rings (SSSR count). The fourth-order valence-electron chi connectivity index (χ4n) is 3.82.